The highest BCUT2D eigenvalue weighted by Gasteiger charge is 2.07. The molecule has 19 heavy (non-hydrogen) atoms. The number of carbonyl (C=O) groups excluding carboxylic acids is 1. The van der Waals surface area contributed by atoms with E-state index in [-0.39, 0.29) is 12.4 Å². The first-order valence-corrected chi connectivity index (χ1v) is 6.01. The van der Waals surface area contributed by atoms with Crippen LogP contribution in [0.5, 0.6) is 5.75 Å². The molecule has 0 saturated carbocycles. The minimum absolute atomic E-state index is 0.166. The van der Waals surface area contributed by atoms with Crippen molar-refractivity contribution in [1.29, 1.82) is 0 Å². The van der Waals surface area contributed by atoms with E-state index in [0.717, 1.165) is 12.1 Å². The minimum atomic E-state index is -0.845. The van der Waals surface area contributed by atoms with Crippen LogP contribution in [0, 0.1) is 11.6 Å². The summed E-state index contributed by atoms with van der Waals surface area (Å²) in [6, 6.07) is 2.88. The van der Waals surface area contributed by atoms with Gasteiger partial charge in [-0.25, -0.2) is 8.78 Å². The van der Waals surface area contributed by atoms with Crippen LogP contribution in [0.2, 0.25) is 0 Å². The van der Waals surface area contributed by atoms with E-state index in [1.54, 1.807) is 6.92 Å². The summed E-state index contributed by atoms with van der Waals surface area (Å²) in [6.07, 6.45) is 0.837. The number of carbonyl (C=O) groups is 1. The summed E-state index contributed by atoms with van der Waals surface area (Å²) in [5, 5.41) is 11.6. The summed E-state index contributed by atoms with van der Waals surface area (Å²) in [5.74, 6) is -2.11. The van der Waals surface area contributed by atoms with Crippen molar-refractivity contribution in [3.05, 3.63) is 29.8 Å². The van der Waals surface area contributed by atoms with Gasteiger partial charge in [0.2, 0.25) is 0 Å². The molecular weight excluding hydrogens is 256 g/mol. The van der Waals surface area contributed by atoms with Gasteiger partial charge in [0.25, 0.3) is 5.91 Å². The molecule has 0 heterocycles. The van der Waals surface area contributed by atoms with E-state index in [1.807, 2.05) is 0 Å². The van der Waals surface area contributed by atoms with Crippen LogP contribution in [-0.4, -0.2) is 30.3 Å². The minimum Gasteiger partial charge on any atom is -0.481 e. The van der Waals surface area contributed by atoms with E-state index >= 15 is 0 Å². The van der Waals surface area contributed by atoms with Crippen LogP contribution < -0.4 is 10.1 Å². The molecule has 0 radical (unpaired) electrons. The number of amides is 1. The lowest BCUT2D eigenvalue weighted by molar-refractivity contribution is -0.123. The highest BCUT2D eigenvalue weighted by Crippen LogP contribution is 2.17. The molecule has 0 aliphatic rings. The predicted octanol–water partition coefficient (Wildman–Crippen LogP) is 1.62. The van der Waals surface area contributed by atoms with Gasteiger partial charge in [0.05, 0.1) is 6.10 Å². The number of nitrogens with one attached hydrogen (secondary N) is 1. The monoisotopic (exact) mass is 273 g/mol. The van der Waals surface area contributed by atoms with Crippen LogP contribution in [-0.2, 0) is 4.79 Å². The third kappa shape index (κ3) is 6.15. The summed E-state index contributed by atoms with van der Waals surface area (Å²) in [4.78, 5) is 11.3. The second-order valence-corrected chi connectivity index (χ2v) is 4.20. The topological polar surface area (TPSA) is 58.6 Å². The summed E-state index contributed by atoms with van der Waals surface area (Å²) < 4.78 is 30.7. The molecule has 0 aliphatic carbocycles. The Balaban J connectivity index is 2.26. The van der Waals surface area contributed by atoms with Crippen LogP contribution in [0.25, 0.3) is 0 Å². The molecule has 4 nitrogen and oxygen atoms in total. The van der Waals surface area contributed by atoms with Crippen LogP contribution >= 0.6 is 0 Å². The molecule has 0 saturated heterocycles. The molecule has 1 atom stereocenters. The largest absolute Gasteiger partial charge is 0.481 e. The number of aliphatic hydroxyl groups excluding tert-OH is 1. The first kappa shape index (κ1) is 15.4. The Labute approximate surface area is 110 Å². The molecule has 1 aromatic rings. The second-order valence-electron chi connectivity index (χ2n) is 4.20. The van der Waals surface area contributed by atoms with Crippen molar-refractivity contribution in [3.8, 4) is 5.75 Å². The molecule has 1 unspecified atom stereocenters. The van der Waals surface area contributed by atoms with Crippen molar-refractivity contribution in [2.24, 2.45) is 0 Å². The molecular formula is C13H17F2NO3. The van der Waals surface area contributed by atoms with Crippen LogP contribution in [0.15, 0.2) is 18.2 Å². The Morgan fingerprint density at radius 1 is 1.47 bits per heavy atom. The highest BCUT2D eigenvalue weighted by molar-refractivity contribution is 5.77. The number of hydrogen-bond acceptors (Lipinski definition) is 3. The first-order valence-electron chi connectivity index (χ1n) is 6.01. The van der Waals surface area contributed by atoms with Crippen molar-refractivity contribution in [2.45, 2.75) is 25.9 Å². The van der Waals surface area contributed by atoms with Gasteiger partial charge in [0.1, 0.15) is 5.82 Å². The number of benzene rings is 1. The molecule has 0 aliphatic heterocycles. The zero-order valence-electron chi connectivity index (χ0n) is 10.7. The van der Waals surface area contributed by atoms with Gasteiger partial charge < -0.3 is 15.2 Å². The maximum absolute atomic E-state index is 13.2. The smallest absolute Gasteiger partial charge is 0.257 e. The summed E-state index contributed by atoms with van der Waals surface area (Å²) >= 11 is 0. The Morgan fingerprint density at radius 2 is 2.21 bits per heavy atom. The van der Waals surface area contributed by atoms with E-state index < -0.39 is 23.6 Å². The molecule has 1 rings (SSSR count). The van der Waals surface area contributed by atoms with E-state index in [9.17, 15) is 13.6 Å². The lowest BCUT2D eigenvalue weighted by Crippen LogP contribution is -2.30. The number of ether oxygens (including phenoxy) is 1. The second kappa shape index (κ2) is 7.68. The van der Waals surface area contributed by atoms with Gasteiger partial charge in [-0.1, -0.05) is 0 Å². The van der Waals surface area contributed by atoms with Crippen molar-refractivity contribution in [2.75, 3.05) is 13.2 Å². The molecule has 106 valence electrons. The van der Waals surface area contributed by atoms with E-state index in [2.05, 4.69) is 5.32 Å². The maximum atomic E-state index is 13.2. The SMILES string of the molecule is CC(O)CCCNC(=O)COc1ccc(F)cc1F. The van der Waals surface area contributed by atoms with Gasteiger partial charge >= 0.3 is 0 Å². The van der Waals surface area contributed by atoms with Crippen molar-refractivity contribution >= 4 is 5.91 Å². The van der Waals surface area contributed by atoms with E-state index in [1.165, 1.54) is 0 Å². The zero-order valence-corrected chi connectivity index (χ0v) is 10.7. The highest BCUT2D eigenvalue weighted by atomic mass is 19.1. The van der Waals surface area contributed by atoms with Gasteiger partial charge in [0.15, 0.2) is 18.2 Å². The Morgan fingerprint density at radius 3 is 2.84 bits per heavy atom. The lowest BCUT2D eigenvalue weighted by Gasteiger charge is -2.08. The van der Waals surface area contributed by atoms with E-state index in [4.69, 9.17) is 9.84 Å². The zero-order chi connectivity index (χ0) is 14.3. The van der Waals surface area contributed by atoms with Crippen LogP contribution in [0.1, 0.15) is 19.8 Å². The molecule has 1 amide bonds. The number of aliphatic hydroxyl groups is 1. The number of rotatable bonds is 7. The quantitative estimate of drug-likeness (QED) is 0.742. The lowest BCUT2D eigenvalue weighted by atomic mass is 10.2. The predicted molar refractivity (Wildman–Crippen MR) is 65.8 cm³/mol. The molecule has 0 spiro atoms. The summed E-state index contributed by atoms with van der Waals surface area (Å²) in [5.41, 5.74) is 0. The van der Waals surface area contributed by atoms with Gasteiger partial charge in [-0.3, -0.25) is 4.79 Å². The number of halogens is 2. The van der Waals surface area contributed by atoms with Crippen molar-refractivity contribution < 1.29 is 23.4 Å². The normalized spacial score (nSPS) is 12.0. The van der Waals surface area contributed by atoms with Crippen LogP contribution in [0.3, 0.4) is 0 Å². The summed E-state index contributed by atoms with van der Waals surface area (Å²) in [6.45, 7) is 1.75. The summed E-state index contributed by atoms with van der Waals surface area (Å²) in [7, 11) is 0. The fraction of sp³-hybridized carbons (Fsp3) is 0.462. The van der Waals surface area contributed by atoms with Gasteiger partial charge in [0, 0.05) is 12.6 Å². The van der Waals surface area contributed by atoms with Crippen LogP contribution in [0.4, 0.5) is 8.78 Å². The third-order valence-electron chi connectivity index (χ3n) is 2.37. The Bertz CT molecular complexity index is 424. The fourth-order valence-corrected chi connectivity index (χ4v) is 1.41. The number of hydrogen-bond donors (Lipinski definition) is 2. The van der Waals surface area contributed by atoms with Gasteiger partial charge in [-0.2, -0.15) is 0 Å². The molecule has 6 heteroatoms. The molecule has 0 aromatic heterocycles. The average molecular weight is 273 g/mol. The Kier molecular flexibility index (Phi) is 6.21. The molecule has 0 fully saturated rings. The molecule has 2 N–H and O–H groups in total. The van der Waals surface area contributed by atoms with Crippen molar-refractivity contribution in [1.82, 2.24) is 5.32 Å². The third-order valence-corrected chi connectivity index (χ3v) is 2.37. The van der Waals surface area contributed by atoms with Gasteiger partial charge in [-0.05, 0) is 31.9 Å². The fourth-order valence-electron chi connectivity index (χ4n) is 1.41. The van der Waals surface area contributed by atoms with Gasteiger partial charge in [-0.15, -0.1) is 0 Å². The maximum Gasteiger partial charge on any atom is 0.257 e. The van der Waals surface area contributed by atoms with Crippen molar-refractivity contribution in [3.63, 3.8) is 0 Å². The molecule has 0 bridgehead atoms. The average Bonchev–Trinajstić information content (AvgIpc) is 2.33. The first-order chi connectivity index (χ1) is 8.99. The Hall–Kier alpha value is -1.69. The molecule has 1 aromatic carbocycles. The van der Waals surface area contributed by atoms with E-state index in [0.29, 0.717) is 25.5 Å². The standard InChI is InChI=1S/C13H17F2NO3/c1-9(17)3-2-6-16-13(18)8-19-12-5-4-10(14)7-11(12)15/h4-5,7,9,17H,2-3,6,8H2,1H3,(H,16,18).